The van der Waals surface area contributed by atoms with Crippen LogP contribution < -0.4 is 10.1 Å². The normalized spacial score (nSPS) is 12.8. The highest BCUT2D eigenvalue weighted by molar-refractivity contribution is 5.99. The van der Waals surface area contributed by atoms with Crippen molar-refractivity contribution in [3.05, 3.63) is 34.4 Å². The van der Waals surface area contributed by atoms with E-state index in [1.807, 2.05) is 19.9 Å². The maximum absolute atomic E-state index is 11.7. The number of fused-ring (bicyclic) bond motifs is 1. The second-order valence-corrected chi connectivity index (χ2v) is 4.95. The lowest BCUT2D eigenvalue weighted by Crippen LogP contribution is -2.12. The maximum Gasteiger partial charge on any atom is 0.252 e. The standard InChI is InChI=1S/C15H19NO4/c1-9(2)4-5-10-13(20-8-19-3)6-11-12(14(10)17)7-16-15(11)18/h4,6,17H,5,7-8H2,1-3H3,(H,16,18). The molecule has 2 N–H and O–H groups in total. The van der Waals surface area contributed by atoms with E-state index in [0.717, 1.165) is 5.57 Å². The topological polar surface area (TPSA) is 67.8 Å². The van der Waals surface area contributed by atoms with Gasteiger partial charge in [-0.2, -0.15) is 0 Å². The van der Waals surface area contributed by atoms with Gasteiger partial charge in [0, 0.05) is 24.8 Å². The van der Waals surface area contributed by atoms with E-state index >= 15 is 0 Å². The van der Waals surface area contributed by atoms with E-state index in [-0.39, 0.29) is 18.4 Å². The lowest BCUT2D eigenvalue weighted by Gasteiger charge is -2.14. The molecule has 5 nitrogen and oxygen atoms in total. The van der Waals surface area contributed by atoms with Gasteiger partial charge in [-0.05, 0) is 26.3 Å². The lowest BCUT2D eigenvalue weighted by atomic mass is 10.00. The van der Waals surface area contributed by atoms with Crippen molar-refractivity contribution in [3.63, 3.8) is 0 Å². The molecule has 0 unspecified atom stereocenters. The van der Waals surface area contributed by atoms with E-state index in [9.17, 15) is 9.90 Å². The van der Waals surface area contributed by atoms with Gasteiger partial charge in [0.1, 0.15) is 11.5 Å². The van der Waals surface area contributed by atoms with Crippen LogP contribution in [0.2, 0.25) is 0 Å². The fourth-order valence-electron chi connectivity index (χ4n) is 2.13. The number of benzene rings is 1. The average molecular weight is 277 g/mol. The molecule has 1 aromatic rings. The number of hydrogen-bond donors (Lipinski definition) is 2. The van der Waals surface area contributed by atoms with Gasteiger partial charge in [0.15, 0.2) is 6.79 Å². The minimum atomic E-state index is -0.189. The van der Waals surface area contributed by atoms with Crippen LogP contribution in [0.4, 0.5) is 0 Å². The fraction of sp³-hybridized carbons (Fsp3) is 0.400. The van der Waals surface area contributed by atoms with E-state index in [2.05, 4.69) is 5.32 Å². The summed E-state index contributed by atoms with van der Waals surface area (Å²) in [6, 6.07) is 1.67. The molecular weight excluding hydrogens is 258 g/mol. The smallest absolute Gasteiger partial charge is 0.252 e. The molecule has 0 aromatic heterocycles. The molecule has 0 saturated carbocycles. The minimum Gasteiger partial charge on any atom is -0.507 e. The van der Waals surface area contributed by atoms with Crippen molar-refractivity contribution in [3.8, 4) is 11.5 Å². The molecule has 5 heteroatoms. The molecular formula is C15H19NO4. The van der Waals surface area contributed by atoms with E-state index in [1.165, 1.54) is 7.11 Å². The lowest BCUT2D eigenvalue weighted by molar-refractivity contribution is 0.0502. The molecule has 1 aliphatic rings. The zero-order valence-electron chi connectivity index (χ0n) is 11.9. The third-order valence-electron chi connectivity index (χ3n) is 3.19. The molecule has 1 amide bonds. The van der Waals surface area contributed by atoms with Crippen molar-refractivity contribution in [1.29, 1.82) is 0 Å². The number of amides is 1. The second-order valence-electron chi connectivity index (χ2n) is 4.95. The monoisotopic (exact) mass is 277 g/mol. The Morgan fingerprint density at radius 1 is 1.50 bits per heavy atom. The molecule has 0 spiro atoms. The summed E-state index contributed by atoms with van der Waals surface area (Å²) in [7, 11) is 1.52. The highest BCUT2D eigenvalue weighted by Crippen LogP contribution is 2.37. The van der Waals surface area contributed by atoms with Crippen LogP contribution in [0.3, 0.4) is 0 Å². The number of nitrogens with one attached hydrogen (secondary N) is 1. The number of allylic oxidation sites excluding steroid dienone is 2. The van der Waals surface area contributed by atoms with Crippen LogP contribution in [0.5, 0.6) is 11.5 Å². The first-order valence-electron chi connectivity index (χ1n) is 6.45. The Kier molecular flexibility index (Phi) is 4.29. The SMILES string of the molecule is COCOc1cc2c(c(O)c1CC=C(C)C)CNC2=O. The molecule has 2 rings (SSSR count). The summed E-state index contributed by atoms with van der Waals surface area (Å²) in [5.41, 5.74) is 2.93. The Morgan fingerprint density at radius 3 is 2.90 bits per heavy atom. The molecule has 0 fully saturated rings. The first-order valence-corrected chi connectivity index (χ1v) is 6.45. The number of phenolic OH excluding ortho intramolecular Hbond substituents is 1. The second kappa shape index (κ2) is 5.96. The van der Waals surface area contributed by atoms with E-state index < -0.39 is 0 Å². The maximum atomic E-state index is 11.7. The highest BCUT2D eigenvalue weighted by atomic mass is 16.7. The van der Waals surface area contributed by atoms with Gasteiger partial charge in [0.05, 0.1) is 5.56 Å². The van der Waals surface area contributed by atoms with Gasteiger partial charge < -0.3 is 19.9 Å². The highest BCUT2D eigenvalue weighted by Gasteiger charge is 2.26. The molecule has 0 aliphatic carbocycles. The number of hydrogen-bond acceptors (Lipinski definition) is 4. The summed E-state index contributed by atoms with van der Waals surface area (Å²) in [5, 5.41) is 13.1. The molecule has 0 saturated heterocycles. The van der Waals surface area contributed by atoms with Crippen LogP contribution in [-0.2, 0) is 17.7 Å². The van der Waals surface area contributed by atoms with Crippen LogP contribution in [0.1, 0.15) is 35.3 Å². The first kappa shape index (κ1) is 14.4. The summed E-state index contributed by atoms with van der Waals surface area (Å²) in [6.45, 7) is 4.41. The van der Waals surface area contributed by atoms with Crippen LogP contribution in [0.25, 0.3) is 0 Å². The van der Waals surface area contributed by atoms with Crippen molar-refractivity contribution in [1.82, 2.24) is 5.32 Å². The molecule has 1 aromatic carbocycles. The van der Waals surface area contributed by atoms with E-state index in [4.69, 9.17) is 9.47 Å². The number of ether oxygens (including phenoxy) is 2. The minimum absolute atomic E-state index is 0.0711. The summed E-state index contributed by atoms with van der Waals surface area (Å²) in [5.74, 6) is 0.424. The van der Waals surface area contributed by atoms with E-state index in [0.29, 0.717) is 35.4 Å². The molecule has 0 radical (unpaired) electrons. The Morgan fingerprint density at radius 2 is 2.25 bits per heavy atom. The van der Waals surface area contributed by atoms with Gasteiger partial charge >= 0.3 is 0 Å². The predicted octanol–water partition coefficient (Wildman–Crippen LogP) is 2.13. The predicted molar refractivity (Wildman–Crippen MR) is 74.9 cm³/mol. The summed E-state index contributed by atoms with van der Waals surface area (Å²) in [4.78, 5) is 11.7. The van der Waals surface area contributed by atoms with Crippen LogP contribution >= 0.6 is 0 Å². The number of carbonyl (C=O) groups excluding carboxylic acids is 1. The van der Waals surface area contributed by atoms with Gasteiger partial charge in [0.2, 0.25) is 0 Å². The van der Waals surface area contributed by atoms with Gasteiger partial charge in [-0.15, -0.1) is 0 Å². The van der Waals surface area contributed by atoms with Crippen molar-refractivity contribution >= 4 is 5.91 Å². The van der Waals surface area contributed by atoms with Gasteiger partial charge in [-0.3, -0.25) is 4.79 Å². The number of aromatic hydroxyl groups is 1. The zero-order chi connectivity index (χ0) is 14.7. The van der Waals surface area contributed by atoms with E-state index in [1.54, 1.807) is 6.07 Å². The molecule has 1 aliphatic heterocycles. The Bertz CT molecular complexity index is 559. The molecule has 0 atom stereocenters. The summed E-state index contributed by atoms with van der Waals surface area (Å²) in [6.07, 6.45) is 2.56. The fourth-order valence-corrected chi connectivity index (χ4v) is 2.13. The largest absolute Gasteiger partial charge is 0.507 e. The molecule has 20 heavy (non-hydrogen) atoms. The number of phenols is 1. The average Bonchev–Trinajstić information content (AvgIpc) is 2.77. The summed E-state index contributed by atoms with van der Waals surface area (Å²) >= 11 is 0. The quantitative estimate of drug-likeness (QED) is 0.639. The van der Waals surface area contributed by atoms with Gasteiger partial charge in [0.25, 0.3) is 5.91 Å². The van der Waals surface area contributed by atoms with Gasteiger partial charge in [-0.1, -0.05) is 11.6 Å². The van der Waals surface area contributed by atoms with Gasteiger partial charge in [-0.25, -0.2) is 0 Å². The number of rotatable bonds is 5. The van der Waals surface area contributed by atoms with Crippen molar-refractivity contribution < 1.29 is 19.4 Å². The third kappa shape index (κ3) is 2.77. The van der Waals surface area contributed by atoms with Crippen LogP contribution in [0.15, 0.2) is 17.7 Å². The zero-order valence-corrected chi connectivity index (χ0v) is 11.9. The Balaban J connectivity index is 2.46. The summed E-state index contributed by atoms with van der Waals surface area (Å²) < 4.78 is 10.4. The Hall–Kier alpha value is -2.01. The van der Waals surface area contributed by atoms with Crippen molar-refractivity contribution in [2.24, 2.45) is 0 Å². The van der Waals surface area contributed by atoms with Crippen molar-refractivity contribution in [2.45, 2.75) is 26.8 Å². The number of carbonyl (C=O) groups is 1. The first-order chi connectivity index (χ1) is 9.54. The molecule has 1 heterocycles. The third-order valence-corrected chi connectivity index (χ3v) is 3.19. The number of methoxy groups -OCH3 is 1. The molecule has 108 valence electrons. The van der Waals surface area contributed by atoms with Crippen molar-refractivity contribution in [2.75, 3.05) is 13.9 Å². The van der Waals surface area contributed by atoms with Crippen LogP contribution in [-0.4, -0.2) is 24.9 Å². The Labute approximate surface area is 118 Å². The molecule has 0 bridgehead atoms. The van der Waals surface area contributed by atoms with Crippen LogP contribution in [0, 0.1) is 0 Å².